The van der Waals surface area contributed by atoms with E-state index in [-0.39, 0.29) is 0 Å². The fraction of sp³-hybridized carbons (Fsp3) is 0.417. The van der Waals surface area contributed by atoms with Crippen LogP contribution in [0.3, 0.4) is 0 Å². The standard InChI is InChI=1S/C12H16N4O/c1-9-5-4-6-10(2)12(9)17-8-7-16-11(3)13-14-15-16/h4-6H,7-8H2,1-3H3. The Hall–Kier alpha value is -1.91. The van der Waals surface area contributed by atoms with Crippen LogP contribution < -0.4 is 4.74 Å². The topological polar surface area (TPSA) is 52.8 Å². The summed E-state index contributed by atoms with van der Waals surface area (Å²) in [6.07, 6.45) is 0. The molecule has 0 N–H and O–H groups in total. The van der Waals surface area contributed by atoms with E-state index in [1.165, 1.54) is 0 Å². The highest BCUT2D eigenvalue weighted by atomic mass is 16.5. The largest absolute Gasteiger partial charge is 0.491 e. The second-order valence-electron chi connectivity index (χ2n) is 4.02. The first kappa shape index (κ1) is 11.6. The van der Waals surface area contributed by atoms with E-state index in [0.717, 1.165) is 22.7 Å². The quantitative estimate of drug-likeness (QED) is 0.804. The zero-order chi connectivity index (χ0) is 12.3. The second-order valence-corrected chi connectivity index (χ2v) is 4.02. The summed E-state index contributed by atoms with van der Waals surface area (Å²) in [6.45, 7) is 7.19. The Morgan fingerprint density at radius 1 is 1.18 bits per heavy atom. The van der Waals surface area contributed by atoms with Crippen LogP contribution in [0, 0.1) is 20.8 Å². The third kappa shape index (κ3) is 2.61. The van der Waals surface area contributed by atoms with Gasteiger partial charge in [0.05, 0.1) is 6.54 Å². The van der Waals surface area contributed by atoms with Crippen LogP contribution in [0.15, 0.2) is 18.2 Å². The number of benzene rings is 1. The molecule has 5 heteroatoms. The highest BCUT2D eigenvalue weighted by molar-refractivity contribution is 5.39. The van der Waals surface area contributed by atoms with Crippen molar-refractivity contribution in [3.05, 3.63) is 35.2 Å². The van der Waals surface area contributed by atoms with Gasteiger partial charge in [-0.15, -0.1) is 5.10 Å². The van der Waals surface area contributed by atoms with Crippen molar-refractivity contribution in [1.82, 2.24) is 20.2 Å². The first-order chi connectivity index (χ1) is 8.18. The zero-order valence-corrected chi connectivity index (χ0v) is 10.3. The van der Waals surface area contributed by atoms with Crippen LogP contribution in [0.4, 0.5) is 0 Å². The number of hydrogen-bond acceptors (Lipinski definition) is 4. The van der Waals surface area contributed by atoms with Crippen molar-refractivity contribution in [2.75, 3.05) is 6.61 Å². The molecule has 2 rings (SSSR count). The molecule has 17 heavy (non-hydrogen) atoms. The molecule has 0 spiro atoms. The Bertz CT molecular complexity index is 487. The van der Waals surface area contributed by atoms with Crippen LogP contribution in [0.25, 0.3) is 0 Å². The summed E-state index contributed by atoms with van der Waals surface area (Å²) >= 11 is 0. The summed E-state index contributed by atoms with van der Waals surface area (Å²) in [4.78, 5) is 0. The van der Waals surface area contributed by atoms with Crippen molar-refractivity contribution in [3.63, 3.8) is 0 Å². The maximum atomic E-state index is 5.78. The lowest BCUT2D eigenvalue weighted by Gasteiger charge is -2.11. The number of ether oxygens (including phenoxy) is 1. The van der Waals surface area contributed by atoms with Crippen LogP contribution in [-0.2, 0) is 6.54 Å². The molecule has 1 heterocycles. The molecule has 1 aromatic heterocycles. The highest BCUT2D eigenvalue weighted by Gasteiger charge is 2.04. The smallest absolute Gasteiger partial charge is 0.148 e. The van der Waals surface area contributed by atoms with Crippen molar-refractivity contribution < 1.29 is 4.74 Å². The Morgan fingerprint density at radius 3 is 2.47 bits per heavy atom. The minimum atomic E-state index is 0.567. The SMILES string of the molecule is Cc1cccc(C)c1OCCn1nnnc1C. The molecule has 0 amide bonds. The van der Waals surface area contributed by atoms with Gasteiger partial charge in [-0.25, -0.2) is 4.68 Å². The molecule has 5 nitrogen and oxygen atoms in total. The molecule has 0 saturated carbocycles. The van der Waals surface area contributed by atoms with E-state index in [1.807, 2.05) is 39.0 Å². The van der Waals surface area contributed by atoms with E-state index in [1.54, 1.807) is 4.68 Å². The number of tetrazole rings is 1. The van der Waals surface area contributed by atoms with Gasteiger partial charge in [0.25, 0.3) is 0 Å². The molecule has 90 valence electrons. The maximum Gasteiger partial charge on any atom is 0.148 e. The molecule has 0 radical (unpaired) electrons. The molecule has 0 fully saturated rings. The molecule has 0 aliphatic carbocycles. The van der Waals surface area contributed by atoms with Gasteiger partial charge < -0.3 is 4.74 Å². The predicted molar refractivity (Wildman–Crippen MR) is 64.0 cm³/mol. The molecule has 1 aromatic carbocycles. The number of rotatable bonds is 4. The van der Waals surface area contributed by atoms with E-state index in [9.17, 15) is 0 Å². The summed E-state index contributed by atoms with van der Waals surface area (Å²) in [5, 5.41) is 11.3. The summed E-state index contributed by atoms with van der Waals surface area (Å²) in [6, 6.07) is 6.12. The van der Waals surface area contributed by atoms with Gasteiger partial charge >= 0.3 is 0 Å². The van der Waals surface area contributed by atoms with Gasteiger partial charge in [0.15, 0.2) is 0 Å². The predicted octanol–water partition coefficient (Wildman–Crippen LogP) is 1.68. The number of nitrogens with zero attached hydrogens (tertiary/aromatic N) is 4. The van der Waals surface area contributed by atoms with E-state index in [2.05, 4.69) is 15.5 Å². The minimum absolute atomic E-state index is 0.567. The van der Waals surface area contributed by atoms with E-state index >= 15 is 0 Å². The third-order valence-electron chi connectivity index (χ3n) is 2.67. The van der Waals surface area contributed by atoms with Crippen LogP contribution >= 0.6 is 0 Å². The van der Waals surface area contributed by atoms with Crippen molar-refractivity contribution in [1.29, 1.82) is 0 Å². The number of aromatic nitrogens is 4. The van der Waals surface area contributed by atoms with Crippen molar-refractivity contribution in [2.24, 2.45) is 0 Å². The lowest BCUT2D eigenvalue weighted by atomic mass is 10.1. The molecule has 0 unspecified atom stereocenters. The van der Waals surface area contributed by atoms with Crippen LogP contribution in [0.1, 0.15) is 17.0 Å². The Balaban J connectivity index is 1.97. The highest BCUT2D eigenvalue weighted by Crippen LogP contribution is 2.22. The molecular formula is C12H16N4O. The van der Waals surface area contributed by atoms with E-state index in [0.29, 0.717) is 13.2 Å². The van der Waals surface area contributed by atoms with Gasteiger partial charge in [0.2, 0.25) is 0 Å². The first-order valence-electron chi connectivity index (χ1n) is 5.60. The molecule has 0 aliphatic heterocycles. The Kier molecular flexibility index (Phi) is 3.37. The fourth-order valence-corrected chi connectivity index (χ4v) is 1.72. The summed E-state index contributed by atoms with van der Waals surface area (Å²) in [5.41, 5.74) is 2.30. The van der Waals surface area contributed by atoms with Gasteiger partial charge in [-0.2, -0.15) is 0 Å². The van der Waals surface area contributed by atoms with Crippen molar-refractivity contribution >= 4 is 0 Å². The number of aryl methyl sites for hydroxylation is 3. The lowest BCUT2D eigenvalue weighted by molar-refractivity contribution is 0.284. The van der Waals surface area contributed by atoms with Gasteiger partial charge in [-0.1, -0.05) is 18.2 Å². The molecule has 0 atom stereocenters. The Labute approximate surface area is 100 Å². The maximum absolute atomic E-state index is 5.78. The van der Waals surface area contributed by atoms with Gasteiger partial charge in [-0.3, -0.25) is 0 Å². The zero-order valence-electron chi connectivity index (χ0n) is 10.3. The van der Waals surface area contributed by atoms with Crippen LogP contribution in [0.5, 0.6) is 5.75 Å². The van der Waals surface area contributed by atoms with Crippen molar-refractivity contribution in [3.8, 4) is 5.75 Å². The van der Waals surface area contributed by atoms with Crippen LogP contribution in [0.2, 0.25) is 0 Å². The molecule has 0 aliphatic rings. The van der Waals surface area contributed by atoms with E-state index in [4.69, 9.17) is 4.74 Å². The third-order valence-corrected chi connectivity index (χ3v) is 2.67. The fourth-order valence-electron chi connectivity index (χ4n) is 1.72. The molecule has 0 saturated heterocycles. The van der Waals surface area contributed by atoms with E-state index < -0.39 is 0 Å². The molecule has 2 aromatic rings. The Morgan fingerprint density at radius 2 is 1.88 bits per heavy atom. The number of para-hydroxylation sites is 1. The summed E-state index contributed by atoms with van der Waals surface area (Å²) < 4.78 is 7.51. The van der Waals surface area contributed by atoms with Gasteiger partial charge in [-0.05, 0) is 42.3 Å². The average Bonchev–Trinajstić information content (AvgIpc) is 2.69. The van der Waals surface area contributed by atoms with Crippen LogP contribution in [-0.4, -0.2) is 26.8 Å². The monoisotopic (exact) mass is 232 g/mol. The summed E-state index contributed by atoms with van der Waals surface area (Å²) in [5.74, 6) is 1.76. The van der Waals surface area contributed by atoms with Gasteiger partial charge in [0, 0.05) is 0 Å². The summed E-state index contributed by atoms with van der Waals surface area (Å²) in [7, 11) is 0. The number of hydrogen-bond donors (Lipinski definition) is 0. The normalized spacial score (nSPS) is 10.5. The molecule has 0 bridgehead atoms. The van der Waals surface area contributed by atoms with Crippen molar-refractivity contribution in [2.45, 2.75) is 27.3 Å². The van der Waals surface area contributed by atoms with Gasteiger partial charge in [0.1, 0.15) is 18.2 Å². The molecular weight excluding hydrogens is 216 g/mol. The first-order valence-corrected chi connectivity index (χ1v) is 5.60. The second kappa shape index (κ2) is 4.95. The lowest BCUT2D eigenvalue weighted by Crippen LogP contribution is -2.12. The minimum Gasteiger partial charge on any atom is -0.491 e. The average molecular weight is 232 g/mol.